The molecular weight excluding hydrogens is 280 g/mol. The summed E-state index contributed by atoms with van der Waals surface area (Å²) < 4.78 is 5.54. The number of aliphatic carboxylic acids is 1. The Morgan fingerprint density at radius 3 is 2.14 bits per heavy atom. The van der Waals surface area contributed by atoms with Gasteiger partial charge in [0.2, 0.25) is 0 Å². The first-order valence-corrected chi connectivity index (χ1v) is 7.58. The SMILES string of the molecule is CC(OC(=O)[C@@H]1[C@H](C(=O)O)[C@@H](C)C=C[C@H]1C)c1ccccc1. The van der Waals surface area contributed by atoms with Crippen LogP contribution in [0.2, 0.25) is 0 Å². The van der Waals surface area contributed by atoms with Crippen LogP contribution in [0.5, 0.6) is 0 Å². The molecule has 0 saturated heterocycles. The Morgan fingerprint density at radius 1 is 1.05 bits per heavy atom. The average Bonchev–Trinajstić information content (AvgIpc) is 2.49. The lowest BCUT2D eigenvalue weighted by Gasteiger charge is -2.33. The van der Waals surface area contributed by atoms with E-state index < -0.39 is 29.9 Å². The second kappa shape index (κ2) is 6.77. The van der Waals surface area contributed by atoms with Gasteiger partial charge >= 0.3 is 11.9 Å². The summed E-state index contributed by atoms with van der Waals surface area (Å²) in [6.45, 7) is 5.48. The number of benzene rings is 1. The molecule has 1 unspecified atom stereocenters. The van der Waals surface area contributed by atoms with E-state index in [9.17, 15) is 14.7 Å². The van der Waals surface area contributed by atoms with Crippen LogP contribution in [0.1, 0.15) is 32.4 Å². The van der Waals surface area contributed by atoms with Crippen LogP contribution >= 0.6 is 0 Å². The fourth-order valence-corrected chi connectivity index (χ4v) is 3.03. The number of ether oxygens (including phenoxy) is 1. The number of carboxylic acids is 1. The highest BCUT2D eigenvalue weighted by atomic mass is 16.5. The van der Waals surface area contributed by atoms with Gasteiger partial charge in [0, 0.05) is 0 Å². The highest BCUT2D eigenvalue weighted by Gasteiger charge is 2.43. The number of carbonyl (C=O) groups excluding carboxylic acids is 1. The molecule has 0 fully saturated rings. The van der Waals surface area contributed by atoms with Crippen molar-refractivity contribution in [3.8, 4) is 0 Å². The number of rotatable bonds is 4. The van der Waals surface area contributed by atoms with Gasteiger partial charge in [-0.25, -0.2) is 0 Å². The molecule has 0 heterocycles. The molecule has 0 bridgehead atoms. The minimum absolute atomic E-state index is 0.146. The average molecular weight is 302 g/mol. The smallest absolute Gasteiger partial charge is 0.311 e. The molecule has 1 aliphatic carbocycles. The fraction of sp³-hybridized carbons (Fsp3) is 0.444. The Hall–Kier alpha value is -2.10. The number of carboxylic acid groups (broad SMARTS) is 1. The van der Waals surface area contributed by atoms with E-state index in [1.54, 1.807) is 6.92 Å². The molecule has 0 aromatic heterocycles. The summed E-state index contributed by atoms with van der Waals surface area (Å²) in [6, 6.07) is 9.44. The van der Waals surface area contributed by atoms with Gasteiger partial charge in [-0.05, 0) is 24.3 Å². The number of allylic oxidation sites excluding steroid dienone is 2. The van der Waals surface area contributed by atoms with Gasteiger partial charge in [-0.2, -0.15) is 0 Å². The molecule has 0 radical (unpaired) electrons. The molecule has 1 aliphatic rings. The molecular formula is C18H22O4. The lowest BCUT2D eigenvalue weighted by Crippen LogP contribution is -2.40. The van der Waals surface area contributed by atoms with E-state index in [0.717, 1.165) is 5.56 Å². The predicted molar refractivity (Wildman–Crippen MR) is 83.0 cm³/mol. The third-order valence-corrected chi connectivity index (χ3v) is 4.36. The van der Waals surface area contributed by atoms with Crippen molar-refractivity contribution in [1.29, 1.82) is 0 Å². The van der Waals surface area contributed by atoms with E-state index >= 15 is 0 Å². The lowest BCUT2D eigenvalue weighted by molar-refractivity contribution is -0.165. The summed E-state index contributed by atoms with van der Waals surface area (Å²) in [4.78, 5) is 24.1. The maximum Gasteiger partial charge on any atom is 0.311 e. The van der Waals surface area contributed by atoms with Gasteiger partial charge in [0.15, 0.2) is 0 Å². The third-order valence-electron chi connectivity index (χ3n) is 4.36. The van der Waals surface area contributed by atoms with Crippen LogP contribution in [0.15, 0.2) is 42.5 Å². The van der Waals surface area contributed by atoms with Crippen molar-refractivity contribution in [3.05, 3.63) is 48.0 Å². The van der Waals surface area contributed by atoms with E-state index in [2.05, 4.69) is 0 Å². The molecule has 0 spiro atoms. The number of esters is 1. The molecule has 5 atom stereocenters. The largest absolute Gasteiger partial charge is 0.481 e. The predicted octanol–water partition coefficient (Wildman–Crippen LogP) is 3.45. The fourth-order valence-electron chi connectivity index (χ4n) is 3.03. The van der Waals surface area contributed by atoms with Crippen LogP contribution in [-0.4, -0.2) is 17.0 Å². The first kappa shape index (κ1) is 16.3. The van der Waals surface area contributed by atoms with Gasteiger partial charge in [-0.1, -0.05) is 56.3 Å². The first-order valence-electron chi connectivity index (χ1n) is 7.58. The summed E-state index contributed by atoms with van der Waals surface area (Å²) >= 11 is 0. The molecule has 118 valence electrons. The highest BCUT2D eigenvalue weighted by Crippen LogP contribution is 2.36. The van der Waals surface area contributed by atoms with E-state index in [4.69, 9.17) is 4.74 Å². The molecule has 1 aromatic carbocycles. The molecule has 4 nitrogen and oxygen atoms in total. The number of hydrogen-bond acceptors (Lipinski definition) is 3. The Bertz CT molecular complexity index is 564. The summed E-state index contributed by atoms with van der Waals surface area (Å²) in [7, 11) is 0. The summed E-state index contributed by atoms with van der Waals surface area (Å²) in [6.07, 6.45) is 3.38. The molecule has 1 N–H and O–H groups in total. The van der Waals surface area contributed by atoms with Crippen LogP contribution in [0, 0.1) is 23.7 Å². The topological polar surface area (TPSA) is 63.6 Å². The zero-order valence-corrected chi connectivity index (χ0v) is 13.1. The van der Waals surface area contributed by atoms with Crippen LogP contribution in [0.4, 0.5) is 0 Å². The Balaban J connectivity index is 2.16. The zero-order valence-electron chi connectivity index (χ0n) is 13.1. The molecule has 0 aliphatic heterocycles. The Morgan fingerprint density at radius 2 is 1.59 bits per heavy atom. The van der Waals surface area contributed by atoms with E-state index in [1.807, 2.05) is 56.3 Å². The van der Waals surface area contributed by atoms with Gasteiger partial charge in [-0.15, -0.1) is 0 Å². The molecule has 2 rings (SSSR count). The van der Waals surface area contributed by atoms with Gasteiger partial charge in [-0.3, -0.25) is 9.59 Å². The zero-order chi connectivity index (χ0) is 16.3. The van der Waals surface area contributed by atoms with Crippen molar-refractivity contribution in [2.45, 2.75) is 26.9 Å². The first-order chi connectivity index (χ1) is 10.4. The van der Waals surface area contributed by atoms with Crippen molar-refractivity contribution in [3.63, 3.8) is 0 Å². The molecule has 0 amide bonds. The van der Waals surface area contributed by atoms with Crippen molar-refractivity contribution in [2.24, 2.45) is 23.7 Å². The van der Waals surface area contributed by atoms with Crippen LogP contribution in [0.3, 0.4) is 0 Å². The second-order valence-corrected chi connectivity index (χ2v) is 5.98. The van der Waals surface area contributed by atoms with Gasteiger partial charge < -0.3 is 9.84 Å². The van der Waals surface area contributed by atoms with Crippen molar-refractivity contribution in [2.75, 3.05) is 0 Å². The monoisotopic (exact) mass is 302 g/mol. The summed E-state index contributed by atoms with van der Waals surface area (Å²) in [5.41, 5.74) is 0.898. The van der Waals surface area contributed by atoms with Crippen molar-refractivity contribution < 1.29 is 19.4 Å². The van der Waals surface area contributed by atoms with Gasteiger partial charge in [0.05, 0.1) is 11.8 Å². The molecule has 4 heteroatoms. The van der Waals surface area contributed by atoms with E-state index in [1.165, 1.54) is 0 Å². The van der Waals surface area contributed by atoms with Crippen LogP contribution in [-0.2, 0) is 14.3 Å². The van der Waals surface area contributed by atoms with Crippen LogP contribution in [0.25, 0.3) is 0 Å². The molecule has 22 heavy (non-hydrogen) atoms. The second-order valence-electron chi connectivity index (χ2n) is 5.98. The minimum Gasteiger partial charge on any atom is -0.481 e. The minimum atomic E-state index is -0.946. The summed E-state index contributed by atoms with van der Waals surface area (Å²) in [5, 5.41) is 9.46. The number of hydrogen-bond donors (Lipinski definition) is 1. The maximum atomic E-state index is 12.5. The lowest BCUT2D eigenvalue weighted by atomic mass is 9.71. The van der Waals surface area contributed by atoms with Crippen molar-refractivity contribution in [1.82, 2.24) is 0 Å². The normalized spacial score (nSPS) is 28.9. The maximum absolute atomic E-state index is 12.5. The van der Waals surface area contributed by atoms with E-state index in [-0.39, 0.29) is 11.8 Å². The molecule has 1 aromatic rings. The third kappa shape index (κ3) is 3.38. The van der Waals surface area contributed by atoms with Crippen LogP contribution < -0.4 is 0 Å². The Kier molecular flexibility index (Phi) is 5.01. The van der Waals surface area contributed by atoms with Crippen molar-refractivity contribution >= 4 is 11.9 Å². The molecule has 0 saturated carbocycles. The quantitative estimate of drug-likeness (QED) is 0.683. The van der Waals surface area contributed by atoms with E-state index in [0.29, 0.717) is 0 Å². The highest BCUT2D eigenvalue weighted by molar-refractivity contribution is 5.82. The number of carbonyl (C=O) groups is 2. The Labute approximate surface area is 130 Å². The van der Waals surface area contributed by atoms with Gasteiger partial charge in [0.1, 0.15) is 6.10 Å². The standard InChI is InChI=1S/C18H22O4/c1-11-9-10-12(2)16(15(11)17(19)20)18(21)22-13(3)14-7-5-4-6-8-14/h4-13,15-16H,1-3H3,(H,19,20)/t11-,12+,13?,15+,16-/m0/s1. The van der Waals surface area contributed by atoms with Gasteiger partial charge in [0.25, 0.3) is 0 Å². The summed E-state index contributed by atoms with van der Waals surface area (Å²) in [5.74, 6) is -3.10.